The van der Waals surface area contributed by atoms with Crippen LogP contribution in [0.2, 0.25) is 0 Å². The second-order valence-electron chi connectivity index (χ2n) is 3.78. The van der Waals surface area contributed by atoms with Crippen LogP contribution in [0, 0.1) is 0 Å². The van der Waals surface area contributed by atoms with Crippen LogP contribution in [-0.2, 0) is 4.74 Å². The molecule has 2 aromatic carbocycles. The van der Waals surface area contributed by atoms with Crippen molar-refractivity contribution in [2.24, 2.45) is 0 Å². The zero-order chi connectivity index (χ0) is 13.5. The van der Waals surface area contributed by atoms with E-state index in [0.29, 0.717) is 17.1 Å². The lowest BCUT2D eigenvalue weighted by molar-refractivity contribution is 0.0510. The molecule has 0 fully saturated rings. The topological polar surface area (TPSA) is 44.8 Å². The van der Waals surface area contributed by atoms with E-state index in [1.54, 1.807) is 55.6 Å². The monoisotopic (exact) mass is 258 g/mol. The third-order valence-electron chi connectivity index (χ3n) is 2.39. The molecule has 0 aromatic heterocycles. The van der Waals surface area contributed by atoms with Crippen LogP contribution in [0.15, 0.2) is 54.6 Å². The smallest absolute Gasteiger partial charge is 0.343 e. The van der Waals surface area contributed by atoms with Crippen LogP contribution < -0.4 is 9.47 Å². The van der Waals surface area contributed by atoms with Crippen LogP contribution >= 0.6 is 0 Å². The van der Waals surface area contributed by atoms with Gasteiger partial charge in [-0.2, -0.15) is 0 Å². The van der Waals surface area contributed by atoms with Crippen molar-refractivity contribution >= 4 is 5.97 Å². The van der Waals surface area contributed by atoms with E-state index < -0.39 is 0 Å². The Hall–Kier alpha value is -2.33. The largest absolute Gasteiger partial charge is 0.468 e. The maximum atomic E-state index is 11.8. The Morgan fingerprint density at radius 1 is 0.947 bits per heavy atom. The molecular formula is C15H14O4. The van der Waals surface area contributed by atoms with Gasteiger partial charge in [-0.15, -0.1) is 0 Å². The molecule has 0 N–H and O–H groups in total. The van der Waals surface area contributed by atoms with Gasteiger partial charge in [0.05, 0.1) is 5.56 Å². The Labute approximate surface area is 111 Å². The maximum absolute atomic E-state index is 11.8. The van der Waals surface area contributed by atoms with Gasteiger partial charge in [0, 0.05) is 7.11 Å². The molecule has 19 heavy (non-hydrogen) atoms. The van der Waals surface area contributed by atoms with Gasteiger partial charge in [0.1, 0.15) is 11.5 Å². The second-order valence-corrected chi connectivity index (χ2v) is 3.78. The molecule has 0 aliphatic carbocycles. The molecule has 2 aromatic rings. The predicted molar refractivity (Wildman–Crippen MR) is 70.3 cm³/mol. The molecule has 0 spiro atoms. The third-order valence-corrected chi connectivity index (χ3v) is 2.39. The molecule has 0 radical (unpaired) electrons. The number of carbonyl (C=O) groups is 1. The summed E-state index contributed by atoms with van der Waals surface area (Å²) in [5.41, 5.74) is 0.516. The van der Waals surface area contributed by atoms with Gasteiger partial charge in [-0.1, -0.05) is 18.2 Å². The van der Waals surface area contributed by atoms with Crippen LogP contribution in [0.25, 0.3) is 0 Å². The number of rotatable bonds is 5. The number of methoxy groups -OCH3 is 1. The number of hydrogen-bond donors (Lipinski definition) is 0. The highest BCUT2D eigenvalue weighted by molar-refractivity contribution is 5.90. The van der Waals surface area contributed by atoms with E-state index in [0.717, 1.165) is 0 Å². The van der Waals surface area contributed by atoms with Crippen molar-refractivity contribution < 1.29 is 19.0 Å². The molecule has 0 bridgehead atoms. The van der Waals surface area contributed by atoms with Crippen molar-refractivity contribution in [3.05, 3.63) is 60.2 Å². The number of hydrogen-bond acceptors (Lipinski definition) is 4. The molecule has 0 heterocycles. The lowest BCUT2D eigenvalue weighted by atomic mass is 10.2. The Kier molecular flexibility index (Phi) is 4.53. The number of benzene rings is 2. The molecular weight excluding hydrogens is 244 g/mol. The quantitative estimate of drug-likeness (QED) is 0.470. The molecule has 0 amide bonds. The predicted octanol–water partition coefficient (Wildman–Crippen LogP) is 2.89. The van der Waals surface area contributed by atoms with Crippen molar-refractivity contribution in [2.45, 2.75) is 0 Å². The van der Waals surface area contributed by atoms with Crippen molar-refractivity contribution in [1.29, 1.82) is 0 Å². The fourth-order valence-electron chi connectivity index (χ4n) is 1.47. The van der Waals surface area contributed by atoms with Gasteiger partial charge in [-0.05, 0) is 36.4 Å². The summed E-state index contributed by atoms with van der Waals surface area (Å²) >= 11 is 0. The first-order valence-electron chi connectivity index (χ1n) is 5.78. The Balaban J connectivity index is 1.98. The summed E-state index contributed by atoms with van der Waals surface area (Å²) in [6.07, 6.45) is 0. The highest BCUT2D eigenvalue weighted by Gasteiger charge is 2.07. The Morgan fingerprint density at radius 3 is 2.21 bits per heavy atom. The minimum Gasteiger partial charge on any atom is -0.468 e. The van der Waals surface area contributed by atoms with Crippen molar-refractivity contribution in [3.8, 4) is 11.5 Å². The minimum absolute atomic E-state index is 0.184. The summed E-state index contributed by atoms with van der Waals surface area (Å²) < 4.78 is 15.3. The molecule has 0 saturated carbocycles. The first kappa shape index (κ1) is 13.1. The van der Waals surface area contributed by atoms with E-state index in [4.69, 9.17) is 14.2 Å². The van der Waals surface area contributed by atoms with Crippen LogP contribution in [0.5, 0.6) is 11.5 Å². The summed E-state index contributed by atoms with van der Waals surface area (Å²) in [5, 5.41) is 0. The van der Waals surface area contributed by atoms with Crippen molar-refractivity contribution in [2.75, 3.05) is 13.9 Å². The van der Waals surface area contributed by atoms with E-state index in [1.165, 1.54) is 0 Å². The van der Waals surface area contributed by atoms with Crippen LogP contribution in [0.4, 0.5) is 0 Å². The lowest BCUT2D eigenvalue weighted by Gasteiger charge is -2.06. The van der Waals surface area contributed by atoms with Crippen LogP contribution in [0.3, 0.4) is 0 Å². The maximum Gasteiger partial charge on any atom is 0.343 e. The first-order valence-corrected chi connectivity index (χ1v) is 5.78. The van der Waals surface area contributed by atoms with Gasteiger partial charge < -0.3 is 14.2 Å². The van der Waals surface area contributed by atoms with Gasteiger partial charge in [0.25, 0.3) is 0 Å². The Bertz CT molecular complexity index is 520. The molecule has 0 saturated heterocycles. The van der Waals surface area contributed by atoms with Gasteiger partial charge in [-0.25, -0.2) is 4.79 Å². The molecule has 0 unspecified atom stereocenters. The van der Waals surface area contributed by atoms with Crippen LogP contribution in [0.1, 0.15) is 10.4 Å². The molecule has 0 atom stereocenters. The molecule has 4 nitrogen and oxygen atoms in total. The fraction of sp³-hybridized carbons (Fsp3) is 0.133. The van der Waals surface area contributed by atoms with Crippen molar-refractivity contribution in [3.63, 3.8) is 0 Å². The summed E-state index contributed by atoms with van der Waals surface area (Å²) in [4.78, 5) is 11.8. The van der Waals surface area contributed by atoms with Crippen LogP contribution in [-0.4, -0.2) is 19.9 Å². The van der Waals surface area contributed by atoms with Gasteiger partial charge in [-0.3, -0.25) is 0 Å². The second kappa shape index (κ2) is 6.56. The SMILES string of the molecule is COCOc1ccc(OC(=O)c2ccccc2)cc1. The number of esters is 1. The standard InChI is InChI=1S/C15H14O4/c1-17-11-18-13-7-9-14(10-8-13)19-15(16)12-5-3-2-4-6-12/h2-10H,11H2,1H3. The molecule has 4 heteroatoms. The molecule has 0 aliphatic heterocycles. The summed E-state index contributed by atoms with van der Waals surface area (Å²) in [7, 11) is 1.55. The van der Waals surface area contributed by atoms with Gasteiger partial charge >= 0.3 is 5.97 Å². The van der Waals surface area contributed by atoms with Gasteiger partial charge in [0.2, 0.25) is 0 Å². The first-order chi connectivity index (χ1) is 9.29. The fourth-order valence-corrected chi connectivity index (χ4v) is 1.47. The summed E-state index contributed by atoms with van der Waals surface area (Å²) in [6, 6.07) is 15.6. The molecule has 0 aliphatic rings. The van der Waals surface area contributed by atoms with Gasteiger partial charge in [0.15, 0.2) is 6.79 Å². The third kappa shape index (κ3) is 3.82. The molecule has 2 rings (SSSR count). The average molecular weight is 258 g/mol. The highest BCUT2D eigenvalue weighted by atomic mass is 16.7. The average Bonchev–Trinajstić information content (AvgIpc) is 2.47. The van der Waals surface area contributed by atoms with E-state index in [9.17, 15) is 4.79 Å². The van der Waals surface area contributed by atoms with Crippen molar-refractivity contribution in [1.82, 2.24) is 0 Å². The molecule has 98 valence electrons. The minimum atomic E-state index is -0.383. The lowest BCUT2D eigenvalue weighted by Crippen LogP contribution is -2.08. The van der Waals surface area contributed by atoms with E-state index in [1.807, 2.05) is 6.07 Å². The summed E-state index contributed by atoms with van der Waals surface area (Å²) in [5.74, 6) is 0.742. The normalized spacial score (nSPS) is 9.95. The zero-order valence-electron chi connectivity index (χ0n) is 10.5. The Morgan fingerprint density at radius 2 is 1.58 bits per heavy atom. The van der Waals surface area contributed by atoms with E-state index in [-0.39, 0.29) is 12.8 Å². The van der Waals surface area contributed by atoms with E-state index >= 15 is 0 Å². The number of ether oxygens (including phenoxy) is 3. The highest BCUT2D eigenvalue weighted by Crippen LogP contribution is 2.18. The summed E-state index contributed by atoms with van der Waals surface area (Å²) in [6.45, 7) is 0.184. The number of carbonyl (C=O) groups excluding carboxylic acids is 1. The zero-order valence-corrected chi connectivity index (χ0v) is 10.5. The van der Waals surface area contributed by atoms with E-state index in [2.05, 4.69) is 0 Å².